The van der Waals surface area contributed by atoms with Crippen molar-refractivity contribution in [3.63, 3.8) is 0 Å². The number of nitrogens with zero attached hydrogens (tertiary/aromatic N) is 3. The van der Waals surface area contributed by atoms with Gasteiger partial charge in [0.05, 0.1) is 27.8 Å². The van der Waals surface area contributed by atoms with E-state index >= 15 is 0 Å². The number of rotatable bonds is 5. The van der Waals surface area contributed by atoms with E-state index in [1.54, 1.807) is 0 Å². The minimum absolute atomic E-state index is 0.899. The molecule has 0 unspecified atom stereocenters. The van der Waals surface area contributed by atoms with Gasteiger partial charge in [0, 0.05) is 32.8 Å². The molecule has 0 aliphatic rings. The van der Waals surface area contributed by atoms with Crippen molar-refractivity contribution < 1.29 is 0 Å². The monoisotopic (exact) mass is 637 g/mol. The van der Waals surface area contributed by atoms with Gasteiger partial charge in [-0.3, -0.25) is 4.57 Å². The normalized spacial score (nSPS) is 11.6. The van der Waals surface area contributed by atoms with Crippen LogP contribution in [-0.2, 0) is 0 Å². The Kier molecular flexibility index (Phi) is 6.49. The highest BCUT2D eigenvalue weighted by Gasteiger charge is 2.17. The summed E-state index contributed by atoms with van der Waals surface area (Å²) in [4.78, 5) is 5.29. The van der Waals surface area contributed by atoms with Crippen LogP contribution in [0.5, 0.6) is 0 Å². The molecule has 3 aromatic heterocycles. The molecule has 0 saturated heterocycles. The van der Waals surface area contributed by atoms with Crippen molar-refractivity contribution in [3.8, 4) is 45.0 Å². The molecule has 3 nitrogen and oxygen atoms in total. The molecule has 0 atom stereocenters. The van der Waals surface area contributed by atoms with Crippen molar-refractivity contribution in [1.82, 2.24) is 14.1 Å². The van der Waals surface area contributed by atoms with E-state index in [9.17, 15) is 0 Å². The van der Waals surface area contributed by atoms with Crippen LogP contribution in [-0.4, -0.2) is 14.1 Å². The smallest absolute Gasteiger partial charge is 0.138 e. The lowest BCUT2D eigenvalue weighted by Crippen LogP contribution is -1.99. The van der Waals surface area contributed by atoms with Crippen LogP contribution in [0, 0.1) is 0 Å². The Bertz CT molecular complexity index is 2800. The lowest BCUT2D eigenvalue weighted by molar-refractivity contribution is 1.08. The molecule has 0 amide bonds. The number of fused-ring (bicyclic) bond motifs is 6. The molecule has 7 aromatic carbocycles. The number of hydrogen-bond donors (Lipinski definition) is 0. The summed E-state index contributed by atoms with van der Waals surface area (Å²) in [6.45, 7) is 0. The van der Waals surface area contributed by atoms with Crippen molar-refractivity contribution in [1.29, 1.82) is 0 Å². The second-order valence-corrected chi connectivity index (χ2v) is 12.8. The fourth-order valence-electron chi connectivity index (χ4n) is 7.60. The SMILES string of the molecule is c1ccc(-c2ccc(-c3cccc(-c4cccc(-n5c6ccccc6c6cc(-n7c8ccccc8c8ccccc87)ccc65)n4)c3)cc2)cc1. The van der Waals surface area contributed by atoms with Crippen molar-refractivity contribution >= 4 is 43.6 Å². The molecule has 0 bridgehead atoms. The Hall–Kier alpha value is -6.71. The number of hydrogen-bond acceptors (Lipinski definition) is 1. The first kappa shape index (κ1) is 28.3. The number of benzene rings is 7. The summed E-state index contributed by atoms with van der Waals surface area (Å²) in [6.07, 6.45) is 0. The molecule has 3 heteroatoms. The third-order valence-corrected chi connectivity index (χ3v) is 9.94. The quantitative estimate of drug-likeness (QED) is 0.184. The van der Waals surface area contributed by atoms with Gasteiger partial charge < -0.3 is 4.57 Å². The predicted molar refractivity (Wildman–Crippen MR) is 209 cm³/mol. The third kappa shape index (κ3) is 4.56. The van der Waals surface area contributed by atoms with E-state index in [1.165, 1.54) is 54.8 Å². The van der Waals surface area contributed by atoms with Crippen LogP contribution >= 0.6 is 0 Å². The van der Waals surface area contributed by atoms with Crippen LogP contribution in [0.3, 0.4) is 0 Å². The first-order valence-electron chi connectivity index (χ1n) is 17.1. The second kappa shape index (κ2) is 11.5. The van der Waals surface area contributed by atoms with Gasteiger partial charge in [-0.2, -0.15) is 0 Å². The van der Waals surface area contributed by atoms with Crippen LogP contribution in [0.25, 0.3) is 88.6 Å². The van der Waals surface area contributed by atoms with Crippen LogP contribution in [0.1, 0.15) is 0 Å². The van der Waals surface area contributed by atoms with E-state index in [4.69, 9.17) is 4.98 Å². The third-order valence-electron chi connectivity index (χ3n) is 9.94. The first-order chi connectivity index (χ1) is 24.8. The Morgan fingerprint density at radius 2 is 0.800 bits per heavy atom. The topological polar surface area (TPSA) is 22.8 Å². The summed E-state index contributed by atoms with van der Waals surface area (Å²) in [7, 11) is 0. The molecule has 10 rings (SSSR count). The minimum atomic E-state index is 0.899. The Morgan fingerprint density at radius 3 is 1.50 bits per heavy atom. The zero-order valence-corrected chi connectivity index (χ0v) is 27.2. The maximum absolute atomic E-state index is 5.29. The summed E-state index contributed by atoms with van der Waals surface area (Å²) in [5, 5.41) is 4.94. The summed E-state index contributed by atoms with van der Waals surface area (Å²) >= 11 is 0. The van der Waals surface area contributed by atoms with E-state index in [1.807, 2.05) is 0 Å². The number of pyridine rings is 1. The van der Waals surface area contributed by atoms with Gasteiger partial charge in [-0.15, -0.1) is 0 Å². The Balaban J connectivity index is 1.07. The highest BCUT2D eigenvalue weighted by Crippen LogP contribution is 2.37. The number of aromatic nitrogens is 3. The van der Waals surface area contributed by atoms with Crippen LogP contribution in [0.4, 0.5) is 0 Å². The van der Waals surface area contributed by atoms with E-state index < -0.39 is 0 Å². The molecule has 234 valence electrons. The highest BCUT2D eigenvalue weighted by molar-refractivity contribution is 6.12. The molecule has 0 spiro atoms. The van der Waals surface area contributed by atoms with Gasteiger partial charge in [0.15, 0.2) is 0 Å². The van der Waals surface area contributed by atoms with Crippen LogP contribution in [0.15, 0.2) is 188 Å². The van der Waals surface area contributed by atoms with Crippen molar-refractivity contribution in [2.24, 2.45) is 0 Å². The van der Waals surface area contributed by atoms with E-state index in [0.717, 1.165) is 33.8 Å². The predicted octanol–water partition coefficient (Wildman–Crippen LogP) is 12.3. The van der Waals surface area contributed by atoms with Gasteiger partial charge in [-0.25, -0.2) is 4.98 Å². The average molecular weight is 638 g/mol. The van der Waals surface area contributed by atoms with Gasteiger partial charge in [-0.05, 0) is 76.9 Å². The van der Waals surface area contributed by atoms with Crippen molar-refractivity contribution in [2.75, 3.05) is 0 Å². The first-order valence-corrected chi connectivity index (χ1v) is 17.1. The van der Waals surface area contributed by atoms with Gasteiger partial charge in [-0.1, -0.05) is 133 Å². The largest absolute Gasteiger partial charge is 0.309 e. The molecule has 3 heterocycles. The van der Waals surface area contributed by atoms with Gasteiger partial charge in [0.2, 0.25) is 0 Å². The maximum Gasteiger partial charge on any atom is 0.138 e. The van der Waals surface area contributed by atoms with Gasteiger partial charge in [0.25, 0.3) is 0 Å². The fraction of sp³-hybridized carbons (Fsp3) is 0. The summed E-state index contributed by atoms with van der Waals surface area (Å²) < 4.78 is 4.69. The standard InChI is InChI=1S/C47H31N3/c1-2-12-32(13-3-1)33-24-26-34(27-25-33)35-14-10-15-36(30-35)42-19-11-23-47(48-42)50-45-22-9-6-18-40(45)41-31-37(28-29-46(41)50)49-43-20-7-4-16-38(43)39-17-5-8-21-44(39)49/h1-31H. The molecule has 50 heavy (non-hydrogen) atoms. The highest BCUT2D eigenvalue weighted by atomic mass is 15.1. The lowest BCUT2D eigenvalue weighted by atomic mass is 9.98. The van der Waals surface area contributed by atoms with Crippen LogP contribution < -0.4 is 0 Å². The molecule has 10 aromatic rings. The van der Waals surface area contributed by atoms with Gasteiger partial charge in [0.1, 0.15) is 5.82 Å². The van der Waals surface area contributed by atoms with Crippen molar-refractivity contribution in [3.05, 3.63) is 188 Å². The maximum atomic E-state index is 5.29. The minimum Gasteiger partial charge on any atom is -0.309 e. The molecule has 0 aliphatic carbocycles. The van der Waals surface area contributed by atoms with Gasteiger partial charge >= 0.3 is 0 Å². The molecule has 0 aliphatic heterocycles. The zero-order valence-electron chi connectivity index (χ0n) is 27.2. The lowest BCUT2D eigenvalue weighted by Gasteiger charge is -2.11. The molecule has 0 saturated carbocycles. The Morgan fingerprint density at radius 1 is 0.300 bits per heavy atom. The van der Waals surface area contributed by atoms with Crippen molar-refractivity contribution in [2.45, 2.75) is 0 Å². The van der Waals surface area contributed by atoms with E-state index in [-0.39, 0.29) is 0 Å². The fourth-order valence-corrected chi connectivity index (χ4v) is 7.60. The number of para-hydroxylation sites is 3. The van der Waals surface area contributed by atoms with E-state index in [0.29, 0.717) is 0 Å². The summed E-state index contributed by atoms with van der Waals surface area (Å²) in [6, 6.07) is 67.2. The second-order valence-electron chi connectivity index (χ2n) is 12.8. The summed E-state index contributed by atoms with van der Waals surface area (Å²) in [5.74, 6) is 0.899. The molecule has 0 N–H and O–H groups in total. The zero-order chi connectivity index (χ0) is 33.0. The molecular formula is C47H31N3. The van der Waals surface area contributed by atoms with Crippen LogP contribution in [0.2, 0.25) is 0 Å². The molecular weight excluding hydrogens is 607 g/mol. The molecule has 0 fully saturated rings. The summed E-state index contributed by atoms with van der Waals surface area (Å²) in [5.41, 5.74) is 12.7. The average Bonchev–Trinajstić information content (AvgIpc) is 3.71. The Labute approximate surface area is 290 Å². The van der Waals surface area contributed by atoms with E-state index in [2.05, 4.69) is 197 Å². The molecule has 0 radical (unpaired) electrons.